The molecule has 0 unspecified atom stereocenters. The van der Waals surface area contributed by atoms with Gasteiger partial charge in [0.15, 0.2) is 18.4 Å². The number of hydrogen-bond donors (Lipinski definition) is 7. The SMILES string of the molecule is CC1(C)[C@@H](O[C@@H]2OC[C@@H](O)[C@H](O)[C@H]2O[C@@H]2O[C@H](CO)[C@@H](O)[C@H](O)[C@H]2O)CC[C@]2(C)[C@H]3C[C@H]4O[C@@]5(C(C)(C)O)CC[C@](C)(O5)[C@H]5CC[C@](C)([C@H]45)[C@]3(C)CC[C@@H]12. The van der Waals surface area contributed by atoms with Crippen LogP contribution in [0.3, 0.4) is 0 Å². The maximum atomic E-state index is 11.6. The van der Waals surface area contributed by atoms with E-state index in [1.165, 1.54) is 0 Å². The van der Waals surface area contributed by atoms with Crippen LogP contribution in [0.2, 0.25) is 0 Å². The zero-order valence-electron chi connectivity index (χ0n) is 33.5. The van der Waals surface area contributed by atoms with Gasteiger partial charge in [0, 0.05) is 6.42 Å². The van der Waals surface area contributed by atoms with Gasteiger partial charge in [-0.05, 0) is 117 Å². The summed E-state index contributed by atoms with van der Waals surface area (Å²) in [5, 5.41) is 74.4. The van der Waals surface area contributed by atoms with Crippen LogP contribution >= 0.6 is 0 Å². The second-order valence-electron chi connectivity index (χ2n) is 20.8. The second-order valence-corrected chi connectivity index (χ2v) is 20.8. The highest BCUT2D eigenvalue weighted by Gasteiger charge is 2.75. The van der Waals surface area contributed by atoms with Gasteiger partial charge in [-0.15, -0.1) is 0 Å². The van der Waals surface area contributed by atoms with Crippen molar-refractivity contribution in [1.82, 2.24) is 0 Å². The van der Waals surface area contributed by atoms with Crippen LogP contribution in [-0.2, 0) is 28.4 Å². The summed E-state index contributed by atoms with van der Waals surface area (Å²) in [5.74, 6) is 0.347. The largest absolute Gasteiger partial charge is 0.394 e. The van der Waals surface area contributed by atoms with Crippen LogP contribution in [0.15, 0.2) is 0 Å². The Bertz CT molecular complexity index is 1420. The summed E-state index contributed by atoms with van der Waals surface area (Å²) in [6.45, 7) is 17.3. The molecule has 0 amide bonds. The molecule has 0 spiro atoms. The van der Waals surface area contributed by atoms with E-state index in [9.17, 15) is 35.7 Å². The molecular weight excluding hydrogens is 700 g/mol. The monoisotopic (exact) mass is 768 g/mol. The summed E-state index contributed by atoms with van der Waals surface area (Å²) in [5.41, 5.74) is -1.72. The first-order valence-corrected chi connectivity index (χ1v) is 20.8. The third-order valence-corrected chi connectivity index (χ3v) is 17.6. The quantitative estimate of drug-likeness (QED) is 0.195. The minimum absolute atomic E-state index is 0.0225. The molecule has 4 aliphatic carbocycles. The van der Waals surface area contributed by atoms with E-state index >= 15 is 0 Å². The minimum Gasteiger partial charge on any atom is -0.394 e. The van der Waals surface area contributed by atoms with Gasteiger partial charge < -0.3 is 64.2 Å². The zero-order valence-corrected chi connectivity index (χ0v) is 33.5. The average Bonchev–Trinajstić information content (AvgIpc) is 3.62. The molecule has 8 rings (SSSR count). The topological polar surface area (TPSA) is 197 Å². The Hall–Kier alpha value is -0.520. The number of rotatable bonds is 6. The van der Waals surface area contributed by atoms with Gasteiger partial charge in [-0.1, -0.05) is 34.6 Å². The van der Waals surface area contributed by atoms with Crippen LogP contribution in [0.4, 0.5) is 0 Å². The van der Waals surface area contributed by atoms with E-state index in [-0.39, 0.29) is 52.0 Å². The number of aliphatic hydroxyl groups is 7. The fourth-order valence-corrected chi connectivity index (χ4v) is 14.3. The third kappa shape index (κ3) is 5.50. The Labute approximate surface area is 320 Å². The van der Waals surface area contributed by atoms with Crippen molar-refractivity contribution in [2.45, 2.75) is 198 Å². The van der Waals surface area contributed by atoms with Crippen molar-refractivity contribution in [1.29, 1.82) is 0 Å². The van der Waals surface area contributed by atoms with Crippen molar-refractivity contribution in [2.75, 3.05) is 13.2 Å². The van der Waals surface area contributed by atoms with Crippen LogP contribution in [0.25, 0.3) is 0 Å². The van der Waals surface area contributed by atoms with Crippen molar-refractivity contribution in [2.24, 2.45) is 45.3 Å². The van der Waals surface area contributed by atoms with E-state index in [1.54, 1.807) is 0 Å². The van der Waals surface area contributed by atoms with E-state index in [1.807, 2.05) is 13.8 Å². The van der Waals surface area contributed by atoms with Crippen LogP contribution in [-0.4, -0.2) is 133 Å². The molecule has 0 aromatic carbocycles. The molecule has 4 saturated carbocycles. The standard InChI is InChI=1S/C41H68O13/c1-35(2)24-10-14-38(6)25(17-22-27-20(9-13-39(27,38)7)40(8)15-16-41(53-22,54-40)36(3,4)48)37(24,5)12-11-26(35)51-34-32(28(44)21(43)19-49-34)52-33-31(47)30(46)29(45)23(18-42)50-33/h20-34,42-48H,9-19H2,1-8H3/t20-,21+,22+,23+,24-,25+,26-,27-,28-,29+,30-,31+,32+,33-,34-,37-,38+,39+,40-,41-/m0/s1. The predicted molar refractivity (Wildman–Crippen MR) is 192 cm³/mol. The van der Waals surface area contributed by atoms with E-state index in [0.29, 0.717) is 24.2 Å². The Balaban J connectivity index is 1.06. The zero-order chi connectivity index (χ0) is 39.2. The Morgan fingerprint density at radius 3 is 2.13 bits per heavy atom. The first-order valence-electron chi connectivity index (χ1n) is 20.8. The van der Waals surface area contributed by atoms with E-state index < -0.39 is 73.3 Å². The third-order valence-electron chi connectivity index (χ3n) is 17.6. The molecule has 8 aliphatic rings. The van der Waals surface area contributed by atoms with Crippen molar-refractivity contribution in [3.63, 3.8) is 0 Å². The van der Waals surface area contributed by atoms with Crippen LogP contribution in [0, 0.1) is 45.3 Å². The van der Waals surface area contributed by atoms with Crippen molar-refractivity contribution < 1.29 is 64.2 Å². The summed E-state index contributed by atoms with van der Waals surface area (Å²) < 4.78 is 38.6. The molecule has 20 atom stereocenters. The average molecular weight is 769 g/mol. The Morgan fingerprint density at radius 1 is 0.741 bits per heavy atom. The minimum atomic E-state index is -1.69. The smallest absolute Gasteiger partial charge is 0.197 e. The lowest BCUT2D eigenvalue weighted by molar-refractivity contribution is -0.368. The molecule has 0 radical (unpaired) electrons. The second kappa shape index (κ2) is 13.0. The molecule has 4 heterocycles. The fourth-order valence-electron chi connectivity index (χ4n) is 14.3. The maximum absolute atomic E-state index is 11.6. The van der Waals surface area contributed by atoms with Gasteiger partial charge >= 0.3 is 0 Å². The van der Waals surface area contributed by atoms with Gasteiger partial charge in [0.05, 0.1) is 31.0 Å². The van der Waals surface area contributed by atoms with Gasteiger partial charge in [0.25, 0.3) is 0 Å². The Morgan fingerprint density at radius 2 is 1.44 bits per heavy atom. The molecule has 13 heteroatoms. The summed E-state index contributed by atoms with van der Waals surface area (Å²) >= 11 is 0. The first-order chi connectivity index (χ1) is 25.1. The van der Waals surface area contributed by atoms with Gasteiger partial charge in [0.2, 0.25) is 0 Å². The lowest BCUT2D eigenvalue weighted by Gasteiger charge is -2.71. The van der Waals surface area contributed by atoms with E-state index in [0.717, 1.165) is 51.4 Å². The number of fused-ring (bicyclic) bond motifs is 7. The fraction of sp³-hybridized carbons (Fsp3) is 1.00. The highest BCUT2D eigenvalue weighted by molar-refractivity contribution is 5.22. The van der Waals surface area contributed by atoms with Gasteiger partial charge in [-0.25, -0.2) is 0 Å². The van der Waals surface area contributed by atoms with Crippen molar-refractivity contribution >= 4 is 0 Å². The van der Waals surface area contributed by atoms with Crippen LogP contribution in [0.5, 0.6) is 0 Å². The van der Waals surface area contributed by atoms with Crippen LogP contribution < -0.4 is 0 Å². The summed E-state index contributed by atoms with van der Waals surface area (Å²) in [7, 11) is 0. The molecular formula is C41H68O13. The van der Waals surface area contributed by atoms with Gasteiger partial charge in [-0.2, -0.15) is 0 Å². The van der Waals surface area contributed by atoms with Crippen LogP contribution in [0.1, 0.15) is 113 Å². The molecule has 4 aliphatic heterocycles. The number of aliphatic hydroxyl groups excluding tert-OH is 6. The molecule has 54 heavy (non-hydrogen) atoms. The molecule has 8 fully saturated rings. The first kappa shape index (κ1) is 40.3. The summed E-state index contributed by atoms with van der Waals surface area (Å²) in [6.07, 6.45) is -4.65. The molecule has 13 nitrogen and oxygen atoms in total. The molecule has 2 bridgehead atoms. The summed E-state index contributed by atoms with van der Waals surface area (Å²) in [4.78, 5) is 0. The lowest BCUT2D eigenvalue weighted by Crippen LogP contribution is -2.68. The summed E-state index contributed by atoms with van der Waals surface area (Å²) in [6, 6.07) is 0. The Kier molecular flexibility index (Phi) is 9.69. The van der Waals surface area contributed by atoms with Gasteiger partial charge in [-0.3, -0.25) is 0 Å². The van der Waals surface area contributed by atoms with Gasteiger partial charge in [0.1, 0.15) is 48.3 Å². The normalized spacial score (nSPS) is 58.2. The number of ether oxygens (including phenoxy) is 6. The van der Waals surface area contributed by atoms with E-state index in [4.69, 9.17) is 28.4 Å². The maximum Gasteiger partial charge on any atom is 0.197 e. The van der Waals surface area contributed by atoms with E-state index in [2.05, 4.69) is 41.5 Å². The van der Waals surface area contributed by atoms with Crippen molar-refractivity contribution in [3.8, 4) is 0 Å². The molecule has 0 aromatic rings. The molecule has 310 valence electrons. The van der Waals surface area contributed by atoms with Crippen molar-refractivity contribution in [3.05, 3.63) is 0 Å². The molecule has 7 N–H and O–H groups in total. The predicted octanol–water partition coefficient (Wildman–Crippen LogP) is 2.36. The highest BCUT2D eigenvalue weighted by Crippen LogP contribution is 2.78. The highest BCUT2D eigenvalue weighted by atomic mass is 16.8. The molecule has 0 aromatic heterocycles. The molecule has 4 saturated heterocycles. The lowest BCUT2D eigenvalue weighted by atomic mass is 9.35. The number of hydrogen-bond acceptors (Lipinski definition) is 13.